The minimum atomic E-state index is -0.415. The number of fused-ring (bicyclic) bond motifs is 1. The van der Waals surface area contributed by atoms with Gasteiger partial charge in [-0.15, -0.1) is 0 Å². The third-order valence-corrected chi connectivity index (χ3v) is 3.23. The summed E-state index contributed by atoms with van der Waals surface area (Å²) in [6, 6.07) is 12.1. The standard InChI is InChI=1S/C15H10BrNO3/c1-9-17-13-6-5-12(8-14(13)19-9)20-15(18)10-3-2-4-11(16)7-10/h2-8H,1H3. The van der Waals surface area contributed by atoms with Gasteiger partial charge in [0.2, 0.25) is 0 Å². The lowest BCUT2D eigenvalue weighted by Gasteiger charge is -2.04. The van der Waals surface area contributed by atoms with Crippen molar-refractivity contribution in [2.24, 2.45) is 0 Å². The van der Waals surface area contributed by atoms with Gasteiger partial charge in [-0.2, -0.15) is 0 Å². The number of rotatable bonds is 2. The van der Waals surface area contributed by atoms with E-state index < -0.39 is 5.97 Å². The fourth-order valence-corrected chi connectivity index (χ4v) is 2.26. The summed E-state index contributed by atoms with van der Waals surface area (Å²) in [5, 5.41) is 0. The van der Waals surface area contributed by atoms with Crippen molar-refractivity contribution >= 4 is 33.0 Å². The summed E-state index contributed by atoms with van der Waals surface area (Å²) < 4.78 is 11.6. The third kappa shape index (κ3) is 2.58. The van der Waals surface area contributed by atoms with Crippen molar-refractivity contribution in [3.8, 4) is 5.75 Å². The lowest BCUT2D eigenvalue weighted by Crippen LogP contribution is -2.08. The second-order valence-electron chi connectivity index (χ2n) is 4.26. The molecule has 0 radical (unpaired) electrons. The molecule has 0 N–H and O–H groups in total. The number of nitrogens with zero attached hydrogens (tertiary/aromatic N) is 1. The molecule has 3 rings (SSSR count). The average molecular weight is 332 g/mol. The van der Waals surface area contributed by atoms with Crippen molar-refractivity contribution in [1.29, 1.82) is 0 Å². The summed E-state index contributed by atoms with van der Waals surface area (Å²) in [7, 11) is 0. The zero-order chi connectivity index (χ0) is 14.1. The molecule has 0 aliphatic rings. The fourth-order valence-electron chi connectivity index (χ4n) is 1.87. The van der Waals surface area contributed by atoms with Crippen molar-refractivity contribution in [3.63, 3.8) is 0 Å². The molecule has 0 aliphatic carbocycles. The van der Waals surface area contributed by atoms with Gasteiger partial charge in [0.1, 0.15) is 11.3 Å². The number of benzene rings is 2. The van der Waals surface area contributed by atoms with E-state index in [2.05, 4.69) is 20.9 Å². The van der Waals surface area contributed by atoms with Crippen molar-refractivity contribution in [2.45, 2.75) is 6.92 Å². The van der Waals surface area contributed by atoms with Crippen LogP contribution >= 0.6 is 15.9 Å². The molecule has 0 fully saturated rings. The first-order chi connectivity index (χ1) is 9.61. The highest BCUT2D eigenvalue weighted by Crippen LogP contribution is 2.22. The monoisotopic (exact) mass is 331 g/mol. The Hall–Kier alpha value is -2.14. The first-order valence-electron chi connectivity index (χ1n) is 5.97. The summed E-state index contributed by atoms with van der Waals surface area (Å²) in [5.74, 6) is 0.593. The number of hydrogen-bond acceptors (Lipinski definition) is 4. The fraction of sp³-hybridized carbons (Fsp3) is 0.0667. The van der Waals surface area contributed by atoms with E-state index in [0.717, 1.165) is 9.99 Å². The Balaban J connectivity index is 1.87. The van der Waals surface area contributed by atoms with E-state index in [9.17, 15) is 4.79 Å². The number of aryl methyl sites for hydroxylation is 1. The van der Waals surface area contributed by atoms with E-state index in [1.807, 2.05) is 6.07 Å². The van der Waals surface area contributed by atoms with Gasteiger partial charge < -0.3 is 9.15 Å². The minimum Gasteiger partial charge on any atom is -0.441 e. The first kappa shape index (κ1) is 12.9. The van der Waals surface area contributed by atoms with Crippen LogP contribution < -0.4 is 4.74 Å². The third-order valence-electron chi connectivity index (χ3n) is 2.74. The van der Waals surface area contributed by atoms with E-state index in [-0.39, 0.29) is 0 Å². The molecule has 0 spiro atoms. The molecule has 5 heteroatoms. The zero-order valence-electron chi connectivity index (χ0n) is 10.6. The number of oxazole rings is 1. The Morgan fingerprint density at radius 3 is 2.90 bits per heavy atom. The quantitative estimate of drug-likeness (QED) is 0.523. The zero-order valence-corrected chi connectivity index (χ0v) is 12.2. The highest BCUT2D eigenvalue weighted by Gasteiger charge is 2.10. The van der Waals surface area contributed by atoms with Crippen LogP contribution in [0.2, 0.25) is 0 Å². The summed E-state index contributed by atoms with van der Waals surface area (Å²) >= 11 is 3.32. The van der Waals surface area contributed by atoms with Gasteiger partial charge in [0, 0.05) is 17.5 Å². The molecule has 20 heavy (non-hydrogen) atoms. The minimum absolute atomic E-state index is 0.415. The van der Waals surface area contributed by atoms with E-state index in [1.54, 1.807) is 43.3 Å². The predicted octanol–water partition coefficient (Wildman–Crippen LogP) is 4.12. The Labute approximate surface area is 123 Å². The number of ether oxygens (including phenoxy) is 1. The highest BCUT2D eigenvalue weighted by molar-refractivity contribution is 9.10. The van der Waals surface area contributed by atoms with Crippen LogP contribution in [0.25, 0.3) is 11.1 Å². The number of carbonyl (C=O) groups is 1. The first-order valence-corrected chi connectivity index (χ1v) is 6.76. The van der Waals surface area contributed by atoms with Gasteiger partial charge in [-0.1, -0.05) is 22.0 Å². The van der Waals surface area contributed by atoms with Crippen LogP contribution in [0.15, 0.2) is 51.4 Å². The molecule has 0 saturated heterocycles. The van der Waals surface area contributed by atoms with Crippen molar-refractivity contribution in [2.75, 3.05) is 0 Å². The topological polar surface area (TPSA) is 52.3 Å². The second kappa shape index (κ2) is 5.09. The van der Waals surface area contributed by atoms with Crippen molar-refractivity contribution < 1.29 is 13.9 Å². The van der Waals surface area contributed by atoms with Crippen molar-refractivity contribution in [3.05, 3.63) is 58.4 Å². The summed E-state index contributed by atoms with van der Waals surface area (Å²) in [5.41, 5.74) is 1.82. The molecule has 2 aromatic carbocycles. The number of aromatic nitrogens is 1. The number of hydrogen-bond donors (Lipinski definition) is 0. The Bertz CT molecular complexity index is 795. The van der Waals surface area contributed by atoms with Crippen LogP contribution in [0.1, 0.15) is 16.2 Å². The van der Waals surface area contributed by atoms with Gasteiger partial charge in [0.05, 0.1) is 5.56 Å². The Morgan fingerprint density at radius 2 is 2.10 bits per heavy atom. The normalized spacial score (nSPS) is 10.7. The largest absolute Gasteiger partial charge is 0.441 e. The van der Waals surface area contributed by atoms with Gasteiger partial charge in [-0.25, -0.2) is 9.78 Å². The van der Waals surface area contributed by atoms with Crippen molar-refractivity contribution in [1.82, 2.24) is 4.98 Å². The van der Waals surface area contributed by atoms with E-state index in [1.165, 1.54) is 0 Å². The van der Waals surface area contributed by atoms with Crippen LogP contribution in [-0.4, -0.2) is 11.0 Å². The molecule has 0 bridgehead atoms. The molecule has 0 saturated carbocycles. The maximum atomic E-state index is 12.0. The predicted molar refractivity (Wildman–Crippen MR) is 77.8 cm³/mol. The second-order valence-corrected chi connectivity index (χ2v) is 5.18. The van der Waals surface area contributed by atoms with Gasteiger partial charge in [-0.3, -0.25) is 0 Å². The molecule has 0 atom stereocenters. The van der Waals surface area contributed by atoms with Gasteiger partial charge in [0.25, 0.3) is 0 Å². The van der Waals surface area contributed by atoms with Gasteiger partial charge in [0.15, 0.2) is 11.5 Å². The smallest absolute Gasteiger partial charge is 0.343 e. The lowest BCUT2D eigenvalue weighted by molar-refractivity contribution is 0.0735. The summed E-state index contributed by atoms with van der Waals surface area (Å²) in [6.07, 6.45) is 0. The van der Waals surface area contributed by atoms with Gasteiger partial charge >= 0.3 is 5.97 Å². The average Bonchev–Trinajstić information content (AvgIpc) is 2.78. The molecule has 4 nitrogen and oxygen atoms in total. The number of halogens is 1. The van der Waals surface area contributed by atoms with Crippen LogP contribution in [-0.2, 0) is 0 Å². The van der Waals surface area contributed by atoms with Crippen LogP contribution in [0.4, 0.5) is 0 Å². The molecular formula is C15H10BrNO3. The lowest BCUT2D eigenvalue weighted by atomic mass is 10.2. The summed E-state index contributed by atoms with van der Waals surface area (Å²) in [4.78, 5) is 16.2. The van der Waals surface area contributed by atoms with Gasteiger partial charge in [-0.05, 0) is 30.3 Å². The van der Waals surface area contributed by atoms with Crippen LogP contribution in [0.3, 0.4) is 0 Å². The van der Waals surface area contributed by atoms with Crippen LogP contribution in [0.5, 0.6) is 5.75 Å². The van der Waals surface area contributed by atoms with E-state index in [0.29, 0.717) is 22.8 Å². The molecule has 3 aromatic rings. The number of esters is 1. The molecule has 100 valence electrons. The maximum Gasteiger partial charge on any atom is 0.343 e. The highest BCUT2D eigenvalue weighted by atomic mass is 79.9. The molecule has 0 amide bonds. The Kier molecular flexibility index (Phi) is 3.28. The van der Waals surface area contributed by atoms with E-state index in [4.69, 9.17) is 9.15 Å². The molecular weight excluding hydrogens is 322 g/mol. The molecule has 1 heterocycles. The Morgan fingerprint density at radius 1 is 1.25 bits per heavy atom. The molecule has 1 aromatic heterocycles. The van der Waals surface area contributed by atoms with E-state index >= 15 is 0 Å². The molecule has 0 aliphatic heterocycles. The number of carbonyl (C=O) groups excluding carboxylic acids is 1. The molecule has 0 unspecified atom stereocenters. The summed E-state index contributed by atoms with van der Waals surface area (Å²) in [6.45, 7) is 1.77. The maximum absolute atomic E-state index is 12.0. The SMILES string of the molecule is Cc1nc2ccc(OC(=O)c3cccc(Br)c3)cc2o1. The van der Waals surface area contributed by atoms with Crippen LogP contribution in [0, 0.1) is 6.92 Å².